The number of piperidine rings is 1. The molecule has 0 bridgehead atoms. The Kier molecular flexibility index (Phi) is 6.99. The Morgan fingerprint density at radius 3 is 2.47 bits per heavy atom. The molecular weight excluding hydrogens is 462 g/mol. The number of nitrogens with one attached hydrogen (secondary N) is 1. The Bertz CT molecular complexity index is 1200. The van der Waals surface area contributed by atoms with Crippen molar-refractivity contribution in [2.75, 3.05) is 18.4 Å². The molecule has 0 radical (unpaired) electrons. The maximum atomic E-state index is 12.8. The first kappa shape index (κ1) is 23.0. The molecule has 0 aliphatic carbocycles. The summed E-state index contributed by atoms with van der Waals surface area (Å²) in [6, 6.07) is 14.4. The maximum absolute atomic E-state index is 12.8. The third-order valence-corrected chi connectivity index (χ3v) is 9.42. The molecular formula is C23H25N3O3S3. The lowest BCUT2D eigenvalue weighted by molar-refractivity contribution is -0.120. The predicted molar refractivity (Wildman–Crippen MR) is 129 cm³/mol. The minimum absolute atomic E-state index is 0.0548. The van der Waals surface area contributed by atoms with Crippen molar-refractivity contribution in [3.63, 3.8) is 0 Å². The smallest absolute Gasteiger partial charge is 0.243 e. The lowest BCUT2D eigenvalue weighted by Crippen LogP contribution is -2.41. The lowest BCUT2D eigenvalue weighted by atomic mass is 9.97. The van der Waals surface area contributed by atoms with Crippen LogP contribution >= 0.6 is 23.1 Å². The van der Waals surface area contributed by atoms with Crippen LogP contribution in [0.15, 0.2) is 68.0 Å². The second-order valence-corrected chi connectivity index (χ2v) is 11.9. The van der Waals surface area contributed by atoms with Crippen LogP contribution in [0.25, 0.3) is 0 Å². The fourth-order valence-electron chi connectivity index (χ4n) is 3.65. The predicted octanol–water partition coefficient (Wildman–Crippen LogP) is 4.95. The average Bonchev–Trinajstić information content (AvgIpc) is 3.20. The molecule has 0 saturated carbocycles. The lowest BCUT2D eigenvalue weighted by Gasteiger charge is -2.30. The van der Waals surface area contributed by atoms with E-state index in [-0.39, 0.29) is 11.8 Å². The molecule has 2 heterocycles. The van der Waals surface area contributed by atoms with Crippen molar-refractivity contribution in [2.24, 2.45) is 5.92 Å². The summed E-state index contributed by atoms with van der Waals surface area (Å²) in [7, 11) is -3.51. The molecule has 2 aromatic carbocycles. The van der Waals surface area contributed by atoms with Crippen LogP contribution in [0.3, 0.4) is 0 Å². The fraction of sp³-hybridized carbons (Fsp3) is 0.304. The van der Waals surface area contributed by atoms with Gasteiger partial charge in [-0.3, -0.25) is 4.79 Å². The number of anilines is 1. The van der Waals surface area contributed by atoms with Gasteiger partial charge < -0.3 is 5.32 Å². The molecule has 1 aliphatic rings. The van der Waals surface area contributed by atoms with Gasteiger partial charge in [0.2, 0.25) is 15.9 Å². The monoisotopic (exact) mass is 487 g/mol. The summed E-state index contributed by atoms with van der Waals surface area (Å²) in [6.07, 6.45) is 1.02. The van der Waals surface area contributed by atoms with Gasteiger partial charge in [-0.1, -0.05) is 30.0 Å². The van der Waals surface area contributed by atoms with Gasteiger partial charge in [-0.05, 0) is 62.6 Å². The van der Waals surface area contributed by atoms with Gasteiger partial charge >= 0.3 is 0 Å². The zero-order valence-corrected chi connectivity index (χ0v) is 20.4. The maximum Gasteiger partial charge on any atom is 0.243 e. The highest BCUT2D eigenvalue weighted by molar-refractivity contribution is 8.01. The first-order chi connectivity index (χ1) is 15.3. The highest BCUT2D eigenvalue weighted by Crippen LogP contribution is 2.33. The van der Waals surface area contributed by atoms with Gasteiger partial charge in [0, 0.05) is 40.7 Å². The summed E-state index contributed by atoms with van der Waals surface area (Å²) in [5.41, 5.74) is 2.79. The van der Waals surface area contributed by atoms with Gasteiger partial charge in [0.05, 0.1) is 4.90 Å². The van der Waals surface area contributed by atoms with E-state index in [2.05, 4.69) is 10.3 Å². The SMILES string of the molecule is Cc1csc(Sc2ccc(NC(=O)C3CCN(S(=O)(=O)c4ccccc4)CC3)c(C)c2)n1. The number of aryl methyl sites for hydroxylation is 2. The molecule has 1 aliphatic heterocycles. The van der Waals surface area contributed by atoms with Crippen molar-refractivity contribution in [3.8, 4) is 0 Å². The number of sulfonamides is 1. The molecule has 0 unspecified atom stereocenters. The van der Waals surface area contributed by atoms with Crippen LogP contribution < -0.4 is 5.32 Å². The van der Waals surface area contributed by atoms with E-state index in [1.54, 1.807) is 53.4 Å². The summed E-state index contributed by atoms with van der Waals surface area (Å²) in [4.78, 5) is 18.7. The highest BCUT2D eigenvalue weighted by Gasteiger charge is 2.32. The van der Waals surface area contributed by atoms with Crippen LogP contribution in [0.4, 0.5) is 5.69 Å². The van der Waals surface area contributed by atoms with Gasteiger partial charge in [0.15, 0.2) is 4.34 Å². The topological polar surface area (TPSA) is 79.4 Å². The van der Waals surface area contributed by atoms with E-state index in [0.29, 0.717) is 30.8 Å². The molecule has 168 valence electrons. The van der Waals surface area contributed by atoms with Crippen LogP contribution in [-0.2, 0) is 14.8 Å². The third kappa shape index (κ3) is 5.23. The zero-order valence-electron chi connectivity index (χ0n) is 17.9. The number of nitrogens with zero attached hydrogens (tertiary/aromatic N) is 2. The first-order valence-corrected chi connectivity index (χ1v) is 13.5. The van der Waals surface area contributed by atoms with Crippen LogP contribution in [-0.4, -0.2) is 36.7 Å². The molecule has 1 aromatic heterocycles. The number of carbonyl (C=O) groups is 1. The Balaban J connectivity index is 1.35. The summed E-state index contributed by atoms with van der Waals surface area (Å²) >= 11 is 3.23. The second-order valence-electron chi connectivity index (χ2n) is 7.81. The Labute approximate surface area is 197 Å². The van der Waals surface area contributed by atoms with E-state index in [0.717, 1.165) is 26.2 Å². The van der Waals surface area contributed by atoms with E-state index < -0.39 is 10.0 Å². The van der Waals surface area contributed by atoms with Crippen LogP contribution in [0, 0.1) is 19.8 Å². The van der Waals surface area contributed by atoms with E-state index in [1.165, 1.54) is 4.31 Å². The van der Waals surface area contributed by atoms with Crippen LogP contribution in [0.1, 0.15) is 24.1 Å². The molecule has 3 aromatic rings. The van der Waals surface area contributed by atoms with Crippen LogP contribution in [0.2, 0.25) is 0 Å². The standard InChI is InChI=1S/C23H25N3O3S3/c1-16-14-19(31-23-24-17(2)15-30-23)8-9-21(16)25-22(27)18-10-12-26(13-11-18)32(28,29)20-6-4-3-5-7-20/h3-9,14-15,18H,10-13H2,1-2H3,(H,25,27). The van der Waals surface area contributed by atoms with Gasteiger partial charge in [-0.15, -0.1) is 11.3 Å². The van der Waals surface area contributed by atoms with E-state index >= 15 is 0 Å². The Morgan fingerprint density at radius 1 is 1.12 bits per heavy atom. The van der Waals surface area contributed by atoms with Gasteiger partial charge in [0.1, 0.15) is 0 Å². The van der Waals surface area contributed by atoms with Gasteiger partial charge in [-0.25, -0.2) is 13.4 Å². The number of amides is 1. The second kappa shape index (κ2) is 9.74. The van der Waals surface area contributed by atoms with E-state index in [9.17, 15) is 13.2 Å². The molecule has 32 heavy (non-hydrogen) atoms. The molecule has 0 spiro atoms. The molecule has 1 saturated heterocycles. The molecule has 1 fully saturated rings. The number of benzene rings is 2. The quantitative estimate of drug-likeness (QED) is 0.532. The minimum atomic E-state index is -3.51. The summed E-state index contributed by atoms with van der Waals surface area (Å²) in [5, 5.41) is 5.06. The molecule has 4 rings (SSSR count). The van der Waals surface area contributed by atoms with Crippen molar-refractivity contribution in [1.29, 1.82) is 0 Å². The fourth-order valence-corrected chi connectivity index (χ4v) is 7.05. The molecule has 1 N–H and O–H groups in total. The summed E-state index contributed by atoms with van der Waals surface area (Å²) in [5.74, 6) is -0.259. The molecule has 1 amide bonds. The van der Waals surface area contributed by atoms with Crippen molar-refractivity contribution in [3.05, 3.63) is 65.2 Å². The summed E-state index contributed by atoms with van der Waals surface area (Å²) in [6.45, 7) is 4.64. The largest absolute Gasteiger partial charge is 0.326 e. The average molecular weight is 488 g/mol. The Morgan fingerprint density at radius 2 is 1.84 bits per heavy atom. The number of thiazole rings is 1. The van der Waals surface area contributed by atoms with Gasteiger partial charge in [0.25, 0.3) is 0 Å². The summed E-state index contributed by atoms with van der Waals surface area (Å²) < 4.78 is 28.0. The number of hydrogen-bond donors (Lipinski definition) is 1. The number of hydrogen-bond acceptors (Lipinski definition) is 6. The highest BCUT2D eigenvalue weighted by atomic mass is 32.2. The minimum Gasteiger partial charge on any atom is -0.326 e. The van der Waals surface area contributed by atoms with Crippen molar-refractivity contribution >= 4 is 44.7 Å². The number of aromatic nitrogens is 1. The van der Waals surface area contributed by atoms with Crippen molar-refractivity contribution < 1.29 is 13.2 Å². The number of carbonyl (C=O) groups excluding carboxylic acids is 1. The molecule has 6 nitrogen and oxygen atoms in total. The first-order valence-electron chi connectivity index (χ1n) is 10.4. The Hall–Kier alpha value is -2.20. The normalized spacial score (nSPS) is 15.6. The molecule has 9 heteroatoms. The van der Waals surface area contributed by atoms with Crippen molar-refractivity contribution in [2.45, 2.75) is 40.8 Å². The molecule has 0 atom stereocenters. The van der Waals surface area contributed by atoms with Crippen LogP contribution in [0.5, 0.6) is 0 Å². The zero-order chi connectivity index (χ0) is 22.7. The van der Waals surface area contributed by atoms with E-state index in [1.807, 2.05) is 37.4 Å². The van der Waals surface area contributed by atoms with Crippen molar-refractivity contribution in [1.82, 2.24) is 9.29 Å². The van der Waals surface area contributed by atoms with E-state index in [4.69, 9.17) is 0 Å². The van der Waals surface area contributed by atoms with Gasteiger partial charge in [-0.2, -0.15) is 4.31 Å². The number of rotatable bonds is 6. The third-order valence-electron chi connectivity index (χ3n) is 5.46.